The second-order valence-electron chi connectivity index (χ2n) is 20.2. The van der Waals surface area contributed by atoms with Crippen molar-refractivity contribution in [1.29, 1.82) is 0 Å². The SMILES string of the molecule is C=C(C)[C@@H]1CC[C@]2(C)CC[C@]3(C)C(CCC4[C@@]5(C)CC[C@H](C(=O)OCCCCCCCCCCCCCCC)[C@](C)(C(C)=O)C5CC[C@]43C)C12. The zero-order chi connectivity index (χ0) is 36.4. The van der Waals surface area contributed by atoms with Crippen LogP contribution in [0.15, 0.2) is 12.2 Å². The van der Waals surface area contributed by atoms with Crippen LogP contribution in [-0.4, -0.2) is 18.4 Å². The molecule has 5 saturated carbocycles. The molecular weight excluding hydrogens is 613 g/mol. The number of carbonyl (C=O) groups is 2. The maximum absolute atomic E-state index is 13.8. The molecule has 0 heterocycles. The van der Waals surface area contributed by atoms with Crippen LogP contribution in [0.2, 0.25) is 0 Å². The lowest BCUT2D eigenvalue weighted by atomic mass is 9.31. The highest BCUT2D eigenvalue weighted by Crippen LogP contribution is 2.78. The molecule has 4 unspecified atom stereocenters. The normalized spacial score (nSPS) is 42.2. The number of Topliss-reactive ketones (excluding diaryl/α,β-unsaturated/α-hetero) is 1. The maximum Gasteiger partial charge on any atom is 0.309 e. The molecule has 286 valence electrons. The van der Waals surface area contributed by atoms with Crippen LogP contribution < -0.4 is 0 Å². The molecule has 5 fully saturated rings. The summed E-state index contributed by atoms with van der Waals surface area (Å²) < 4.78 is 6.03. The summed E-state index contributed by atoms with van der Waals surface area (Å²) in [6, 6.07) is 0. The minimum atomic E-state index is -0.638. The van der Waals surface area contributed by atoms with Gasteiger partial charge < -0.3 is 4.74 Å². The smallest absolute Gasteiger partial charge is 0.309 e. The van der Waals surface area contributed by atoms with Gasteiger partial charge in [0, 0.05) is 5.41 Å². The third-order valence-corrected chi connectivity index (χ3v) is 17.7. The molecule has 0 bridgehead atoms. The average Bonchev–Trinajstić information content (AvgIpc) is 3.43. The van der Waals surface area contributed by atoms with Gasteiger partial charge in [-0.3, -0.25) is 9.59 Å². The Morgan fingerprint density at radius 1 is 0.640 bits per heavy atom. The van der Waals surface area contributed by atoms with Gasteiger partial charge in [-0.2, -0.15) is 0 Å². The van der Waals surface area contributed by atoms with Crippen molar-refractivity contribution in [2.75, 3.05) is 6.61 Å². The maximum atomic E-state index is 13.8. The van der Waals surface area contributed by atoms with Crippen LogP contribution in [0, 0.1) is 62.6 Å². The number of ketones is 1. The van der Waals surface area contributed by atoms with Crippen molar-refractivity contribution in [1.82, 2.24) is 0 Å². The van der Waals surface area contributed by atoms with E-state index in [2.05, 4.69) is 55.0 Å². The van der Waals surface area contributed by atoms with Crippen LogP contribution in [-0.2, 0) is 14.3 Å². The molecular formula is C47H80O3. The minimum absolute atomic E-state index is 0.0808. The molecule has 0 aromatic carbocycles. The molecule has 0 spiro atoms. The molecule has 0 aromatic rings. The van der Waals surface area contributed by atoms with E-state index in [0.717, 1.165) is 43.9 Å². The third kappa shape index (κ3) is 7.10. The quantitative estimate of drug-likeness (QED) is 0.0866. The summed E-state index contributed by atoms with van der Waals surface area (Å²) in [5.74, 6) is 2.88. The first-order chi connectivity index (χ1) is 23.7. The predicted octanol–water partition coefficient (Wildman–Crippen LogP) is 13.5. The number of ether oxygens (including phenoxy) is 1. The summed E-state index contributed by atoms with van der Waals surface area (Å²) in [5.41, 5.74) is 1.92. The highest BCUT2D eigenvalue weighted by Gasteiger charge is 2.71. The van der Waals surface area contributed by atoms with Crippen LogP contribution >= 0.6 is 0 Å². The minimum Gasteiger partial charge on any atom is -0.465 e. The van der Waals surface area contributed by atoms with Crippen molar-refractivity contribution in [3.8, 4) is 0 Å². The molecule has 0 saturated heterocycles. The van der Waals surface area contributed by atoms with Crippen LogP contribution in [0.1, 0.15) is 203 Å². The number of rotatable bonds is 17. The number of hydrogen-bond donors (Lipinski definition) is 0. The molecule has 11 atom stereocenters. The van der Waals surface area contributed by atoms with Gasteiger partial charge in [-0.1, -0.05) is 131 Å². The lowest BCUT2D eigenvalue weighted by Crippen LogP contribution is -2.67. The third-order valence-electron chi connectivity index (χ3n) is 17.7. The number of esters is 1. The van der Waals surface area contributed by atoms with Crippen molar-refractivity contribution in [2.24, 2.45) is 62.6 Å². The van der Waals surface area contributed by atoms with Gasteiger partial charge in [0.15, 0.2) is 0 Å². The van der Waals surface area contributed by atoms with E-state index in [1.54, 1.807) is 6.92 Å². The standard InChI is InChI=1S/C47H80O3/c1-10-11-12-13-14-15-16-17-18-19-20-21-22-33-50-42(49)38-26-29-44(6)39-24-23-37-41-36(34(2)3)25-28-43(41,5)31-32-45(37,7)46(39,8)30-27-40(44)47(38,9)35(4)48/h36-41H,2,10-33H2,1,3-9H3/t36-,37?,38+,39?,40?,41?,43+,44+,45+,46+,47-/m0/s1. The van der Waals surface area contributed by atoms with Gasteiger partial charge in [-0.25, -0.2) is 0 Å². The fourth-order valence-corrected chi connectivity index (χ4v) is 14.4. The summed E-state index contributed by atoms with van der Waals surface area (Å²) in [5, 5.41) is 0. The molecule has 5 aliphatic rings. The van der Waals surface area contributed by atoms with Gasteiger partial charge in [0.25, 0.3) is 0 Å². The first kappa shape index (κ1) is 40.1. The fraction of sp³-hybridized carbons (Fsp3) is 0.915. The number of carbonyl (C=O) groups excluding carboxylic acids is 2. The van der Waals surface area contributed by atoms with Gasteiger partial charge in [-0.05, 0) is 136 Å². The number of allylic oxidation sites excluding steroid dienone is 1. The summed E-state index contributed by atoms with van der Waals surface area (Å²) in [6.07, 6.45) is 29.1. The highest BCUT2D eigenvalue weighted by atomic mass is 16.5. The summed E-state index contributed by atoms with van der Waals surface area (Å²) in [4.78, 5) is 27.6. The predicted molar refractivity (Wildman–Crippen MR) is 210 cm³/mol. The first-order valence-electron chi connectivity index (χ1n) is 22.0. The summed E-state index contributed by atoms with van der Waals surface area (Å²) in [7, 11) is 0. The molecule has 0 amide bonds. The fourth-order valence-electron chi connectivity index (χ4n) is 14.4. The average molecular weight is 693 g/mol. The monoisotopic (exact) mass is 693 g/mol. The van der Waals surface area contributed by atoms with Gasteiger partial charge >= 0.3 is 5.97 Å². The first-order valence-corrected chi connectivity index (χ1v) is 22.0. The van der Waals surface area contributed by atoms with Crippen molar-refractivity contribution in [3.05, 3.63) is 12.2 Å². The number of hydrogen-bond acceptors (Lipinski definition) is 3. The van der Waals surface area contributed by atoms with E-state index in [1.807, 2.05) is 0 Å². The molecule has 0 N–H and O–H groups in total. The Hall–Kier alpha value is -1.12. The van der Waals surface area contributed by atoms with Gasteiger partial charge in [-0.15, -0.1) is 0 Å². The van der Waals surface area contributed by atoms with Crippen LogP contribution in [0.4, 0.5) is 0 Å². The topological polar surface area (TPSA) is 43.4 Å². The Balaban J connectivity index is 1.16. The summed E-state index contributed by atoms with van der Waals surface area (Å²) in [6.45, 7) is 24.1. The Bertz CT molecular complexity index is 1190. The van der Waals surface area contributed by atoms with Crippen LogP contribution in [0.25, 0.3) is 0 Å². The van der Waals surface area contributed by atoms with Gasteiger partial charge in [0.2, 0.25) is 0 Å². The Morgan fingerprint density at radius 3 is 1.82 bits per heavy atom. The van der Waals surface area contributed by atoms with Crippen molar-refractivity contribution < 1.29 is 14.3 Å². The lowest BCUT2D eigenvalue weighted by Gasteiger charge is -2.73. The molecule has 0 aromatic heterocycles. The zero-order valence-corrected chi connectivity index (χ0v) is 34.4. The molecule has 3 heteroatoms. The van der Waals surface area contributed by atoms with Crippen LogP contribution in [0.5, 0.6) is 0 Å². The van der Waals surface area contributed by atoms with E-state index >= 15 is 0 Å². The second kappa shape index (κ2) is 16.1. The lowest BCUT2D eigenvalue weighted by molar-refractivity contribution is -0.242. The highest BCUT2D eigenvalue weighted by molar-refractivity contribution is 5.89. The largest absolute Gasteiger partial charge is 0.465 e. The van der Waals surface area contributed by atoms with E-state index < -0.39 is 5.41 Å². The van der Waals surface area contributed by atoms with E-state index in [4.69, 9.17) is 4.74 Å². The summed E-state index contributed by atoms with van der Waals surface area (Å²) >= 11 is 0. The van der Waals surface area contributed by atoms with Crippen LogP contribution in [0.3, 0.4) is 0 Å². The number of unbranched alkanes of at least 4 members (excludes halogenated alkanes) is 12. The van der Waals surface area contributed by atoms with E-state index in [1.165, 1.54) is 121 Å². The second-order valence-corrected chi connectivity index (χ2v) is 20.2. The van der Waals surface area contributed by atoms with E-state index in [9.17, 15) is 9.59 Å². The van der Waals surface area contributed by atoms with Crippen molar-refractivity contribution in [3.63, 3.8) is 0 Å². The Labute approximate surface area is 309 Å². The van der Waals surface area contributed by atoms with Crippen molar-refractivity contribution >= 4 is 11.8 Å². The van der Waals surface area contributed by atoms with E-state index in [0.29, 0.717) is 29.3 Å². The molecule has 0 radical (unpaired) electrons. The zero-order valence-electron chi connectivity index (χ0n) is 34.4. The Kier molecular flexibility index (Phi) is 12.9. The molecule has 5 rings (SSSR count). The van der Waals surface area contributed by atoms with Gasteiger partial charge in [0.1, 0.15) is 5.78 Å². The Morgan fingerprint density at radius 2 is 1.24 bits per heavy atom. The van der Waals surface area contributed by atoms with Crippen molar-refractivity contribution in [2.45, 2.75) is 203 Å². The van der Waals surface area contributed by atoms with E-state index in [-0.39, 0.29) is 34.4 Å². The number of fused-ring (bicyclic) bond motifs is 7. The molecule has 0 aliphatic heterocycles. The molecule has 50 heavy (non-hydrogen) atoms. The molecule has 5 aliphatic carbocycles. The molecule has 3 nitrogen and oxygen atoms in total. The van der Waals surface area contributed by atoms with Gasteiger partial charge in [0.05, 0.1) is 12.5 Å².